The Labute approximate surface area is 151 Å². The quantitative estimate of drug-likeness (QED) is 0.627. The number of rotatable bonds is 0. The van der Waals surface area contributed by atoms with Crippen LogP contribution >= 0.6 is 0 Å². The third kappa shape index (κ3) is 3.44. The van der Waals surface area contributed by atoms with Crippen LogP contribution in [0, 0.1) is 0 Å². The zero-order valence-corrected chi connectivity index (χ0v) is 15.4. The molecule has 0 saturated heterocycles. The highest BCUT2D eigenvalue weighted by atomic mass is 16.5. The van der Waals surface area contributed by atoms with Crippen molar-refractivity contribution in [1.29, 1.82) is 0 Å². The molecule has 0 saturated carbocycles. The summed E-state index contributed by atoms with van der Waals surface area (Å²) in [7, 11) is 0. The maximum absolute atomic E-state index is 10.3. The lowest BCUT2D eigenvalue weighted by Crippen LogP contribution is -2.26. The van der Waals surface area contributed by atoms with E-state index in [0.717, 1.165) is 27.3 Å². The van der Waals surface area contributed by atoms with E-state index in [9.17, 15) is 5.11 Å². The zero-order valence-electron chi connectivity index (χ0n) is 15.4. The summed E-state index contributed by atoms with van der Waals surface area (Å²) in [4.78, 5) is 0. The van der Waals surface area contributed by atoms with Crippen LogP contribution in [-0.4, -0.2) is 5.11 Å². The number of hydrogen-bond acceptors (Lipinski definition) is 2. The van der Waals surface area contributed by atoms with Gasteiger partial charge in [0.2, 0.25) is 0 Å². The number of aromatic hydroxyl groups is 1. The maximum atomic E-state index is 10.3. The van der Waals surface area contributed by atoms with E-state index in [-0.39, 0.29) is 24.0 Å². The van der Waals surface area contributed by atoms with Crippen molar-refractivity contribution < 1.29 is 9.84 Å². The van der Waals surface area contributed by atoms with Crippen molar-refractivity contribution in [3.63, 3.8) is 0 Å². The number of fused-ring (bicyclic) bond motifs is 2. The minimum Gasteiger partial charge on any atom is -0.508 e. The van der Waals surface area contributed by atoms with Gasteiger partial charge >= 0.3 is 0 Å². The van der Waals surface area contributed by atoms with Crippen LogP contribution in [0.2, 0.25) is 0 Å². The highest BCUT2D eigenvalue weighted by Crippen LogP contribution is 2.38. The number of hydrogen-bond donors (Lipinski definition) is 1. The van der Waals surface area contributed by atoms with E-state index in [1.807, 2.05) is 12.1 Å². The van der Waals surface area contributed by atoms with E-state index in [1.54, 1.807) is 6.07 Å². The summed E-state index contributed by atoms with van der Waals surface area (Å²) in [6, 6.07) is 7.91. The fourth-order valence-electron chi connectivity index (χ4n) is 3.21. The molecule has 0 atom stereocenters. The maximum Gasteiger partial charge on any atom is 0.138 e. The highest BCUT2D eigenvalue weighted by molar-refractivity contribution is 5.67. The Morgan fingerprint density at radius 3 is 2.00 bits per heavy atom. The van der Waals surface area contributed by atoms with Gasteiger partial charge in [-0.1, -0.05) is 55.5 Å². The van der Waals surface area contributed by atoms with Gasteiger partial charge in [-0.3, -0.25) is 0 Å². The second kappa shape index (κ2) is 5.94. The zero-order chi connectivity index (χ0) is 17.9. The molecule has 0 spiro atoms. The number of benzene rings is 2. The third-order valence-corrected chi connectivity index (χ3v) is 4.51. The van der Waals surface area contributed by atoms with Gasteiger partial charge in [-0.2, -0.15) is 0 Å². The van der Waals surface area contributed by atoms with Crippen LogP contribution in [0.3, 0.4) is 0 Å². The van der Waals surface area contributed by atoms with Crippen LogP contribution in [0.25, 0.3) is 12.7 Å². The van der Waals surface area contributed by atoms with Crippen LogP contribution < -0.4 is 15.2 Å². The summed E-state index contributed by atoms with van der Waals surface area (Å²) in [5, 5.41) is 12.4. The second-order valence-corrected chi connectivity index (χ2v) is 8.70. The molecule has 0 bridgehead atoms. The molecule has 1 heterocycles. The van der Waals surface area contributed by atoms with Crippen LogP contribution in [0.15, 0.2) is 24.3 Å². The second-order valence-electron chi connectivity index (χ2n) is 8.70. The van der Waals surface area contributed by atoms with Crippen LogP contribution in [0.4, 0.5) is 0 Å². The molecule has 2 nitrogen and oxygen atoms in total. The lowest BCUT2D eigenvalue weighted by atomic mass is 9.84. The molecule has 0 aliphatic carbocycles. The van der Waals surface area contributed by atoms with Gasteiger partial charge in [0.05, 0.1) is 0 Å². The third-order valence-electron chi connectivity index (χ3n) is 4.51. The molecule has 2 aromatic carbocycles. The Morgan fingerprint density at radius 2 is 1.44 bits per heavy atom. The first-order valence-corrected chi connectivity index (χ1v) is 8.37. The van der Waals surface area contributed by atoms with E-state index in [4.69, 9.17) is 4.74 Å². The monoisotopic (exact) mass is 338 g/mol. The van der Waals surface area contributed by atoms with Crippen molar-refractivity contribution >= 4 is 12.7 Å². The average molecular weight is 338 g/mol. The molecule has 0 unspecified atom stereocenters. The number of phenolic OH excluding ortho intramolecular Hbond substituents is 1. The minimum atomic E-state index is -0.124. The Bertz CT molecular complexity index is 923. The summed E-state index contributed by atoms with van der Waals surface area (Å²) in [5.41, 5.74) is 3.06. The Morgan fingerprint density at radius 1 is 0.840 bits per heavy atom. The molecule has 0 fully saturated rings. The van der Waals surface area contributed by atoms with Crippen molar-refractivity contribution in [2.75, 3.05) is 0 Å². The predicted molar refractivity (Wildman–Crippen MR) is 107 cm³/mol. The summed E-state index contributed by atoms with van der Waals surface area (Å²) >= 11 is 0. The van der Waals surface area contributed by atoms with Crippen LogP contribution in [-0.2, 0) is 10.8 Å². The SMILES string of the molecule is C.C=c1cc2c(cc1C(C)(C)C)=Cc1cc(C(C)(C)C)c(O)cc1O2. The average Bonchev–Trinajstić information content (AvgIpc) is 2.41. The highest BCUT2D eigenvalue weighted by Gasteiger charge is 2.23. The standard InChI is InChI=1S/C22H26O2.CH4/c1-13-8-19-14(10-16(13)21(2,3)4)9-15-11-17(22(5,6)7)18(23)12-20(15)24-19;/h8-12,23H,1H2,2-7H3;1H4. The molecule has 2 aromatic rings. The normalized spacial score (nSPS) is 13.0. The van der Waals surface area contributed by atoms with Crippen molar-refractivity contribution in [3.8, 4) is 17.2 Å². The van der Waals surface area contributed by atoms with Crippen molar-refractivity contribution in [2.45, 2.75) is 59.8 Å². The molecule has 25 heavy (non-hydrogen) atoms. The van der Waals surface area contributed by atoms with E-state index in [2.05, 4.69) is 60.3 Å². The first-order chi connectivity index (χ1) is 11.0. The van der Waals surface area contributed by atoms with Gasteiger partial charge in [-0.15, -0.1) is 0 Å². The molecule has 0 amide bonds. The predicted octanol–water partition coefficient (Wildman–Crippen LogP) is 4.97. The summed E-state index contributed by atoms with van der Waals surface area (Å²) < 4.78 is 6.04. The van der Waals surface area contributed by atoms with E-state index >= 15 is 0 Å². The molecule has 134 valence electrons. The van der Waals surface area contributed by atoms with Crippen LogP contribution in [0.5, 0.6) is 17.2 Å². The first-order valence-electron chi connectivity index (χ1n) is 8.37. The molecule has 3 rings (SSSR count). The summed E-state index contributed by atoms with van der Waals surface area (Å²) in [6.45, 7) is 17.0. The smallest absolute Gasteiger partial charge is 0.138 e. The van der Waals surface area contributed by atoms with Gasteiger partial charge in [0.25, 0.3) is 0 Å². The molecular formula is C23H30O2. The molecule has 0 aromatic heterocycles. The van der Waals surface area contributed by atoms with Gasteiger partial charge in [0.1, 0.15) is 17.2 Å². The topological polar surface area (TPSA) is 29.5 Å². The largest absolute Gasteiger partial charge is 0.508 e. The molecule has 0 radical (unpaired) electrons. The van der Waals surface area contributed by atoms with Crippen molar-refractivity contribution in [3.05, 3.63) is 51.4 Å². The lowest BCUT2D eigenvalue weighted by molar-refractivity contribution is 0.431. The molecule has 1 aliphatic heterocycles. The first kappa shape index (κ1) is 19.1. The van der Waals surface area contributed by atoms with Crippen molar-refractivity contribution in [1.82, 2.24) is 0 Å². The van der Waals surface area contributed by atoms with Gasteiger partial charge < -0.3 is 9.84 Å². The van der Waals surface area contributed by atoms with E-state index in [1.165, 1.54) is 5.56 Å². The summed E-state index contributed by atoms with van der Waals surface area (Å²) in [6.07, 6.45) is 2.14. The minimum absolute atomic E-state index is 0. The van der Waals surface area contributed by atoms with Crippen LogP contribution in [0.1, 0.15) is 65.7 Å². The molecule has 2 heteroatoms. The Balaban J connectivity index is 0.00000225. The van der Waals surface area contributed by atoms with E-state index in [0.29, 0.717) is 5.75 Å². The number of phenols is 1. The molecular weight excluding hydrogens is 308 g/mol. The fourth-order valence-corrected chi connectivity index (χ4v) is 3.21. The van der Waals surface area contributed by atoms with Gasteiger partial charge in [-0.05, 0) is 45.9 Å². The van der Waals surface area contributed by atoms with Gasteiger partial charge in [0, 0.05) is 22.4 Å². The van der Waals surface area contributed by atoms with E-state index < -0.39 is 0 Å². The number of ether oxygens (including phenoxy) is 1. The molecule has 1 N–H and O–H groups in total. The lowest BCUT2D eigenvalue weighted by Gasteiger charge is -2.25. The van der Waals surface area contributed by atoms with Crippen molar-refractivity contribution in [2.24, 2.45) is 0 Å². The Kier molecular flexibility index (Phi) is 4.54. The Hall–Kier alpha value is -2.22. The van der Waals surface area contributed by atoms with Gasteiger partial charge in [0.15, 0.2) is 0 Å². The van der Waals surface area contributed by atoms with Gasteiger partial charge in [-0.25, -0.2) is 0 Å². The fraction of sp³-hybridized carbons (Fsp3) is 0.391. The summed E-state index contributed by atoms with van der Waals surface area (Å²) in [5.74, 6) is 1.76. The molecule has 1 aliphatic rings.